The maximum Gasteiger partial charge on any atom is 0.107 e. The lowest BCUT2D eigenvalue weighted by Gasteiger charge is -2.23. The van der Waals surface area contributed by atoms with Crippen molar-refractivity contribution in [1.82, 2.24) is 0 Å². The first-order valence-electron chi connectivity index (χ1n) is 5.03. The van der Waals surface area contributed by atoms with Crippen molar-refractivity contribution in [1.29, 1.82) is 0 Å². The van der Waals surface area contributed by atoms with E-state index in [1.165, 1.54) is 5.56 Å². The summed E-state index contributed by atoms with van der Waals surface area (Å²) in [6.07, 6.45) is 3.24. The molecule has 0 bridgehead atoms. The Labute approximate surface area is 79.6 Å². The van der Waals surface area contributed by atoms with Gasteiger partial charge in [0.05, 0.1) is 12.4 Å². The highest BCUT2D eigenvalue weighted by atomic mass is 16.3. The largest absolute Gasteiger partial charge is 0.469 e. The number of rotatable bonds is 0. The first-order chi connectivity index (χ1) is 6.29. The third-order valence-electron chi connectivity index (χ3n) is 2.51. The molecule has 0 aromatic carbocycles. The molecule has 0 amide bonds. The van der Waals surface area contributed by atoms with E-state index in [1.54, 1.807) is 6.26 Å². The van der Waals surface area contributed by atoms with Gasteiger partial charge in [-0.3, -0.25) is 0 Å². The van der Waals surface area contributed by atoms with Crippen LogP contribution in [0, 0.1) is 0 Å². The monoisotopic (exact) mass is 182 g/mol. The fourth-order valence-corrected chi connectivity index (χ4v) is 1.70. The van der Waals surface area contributed by atoms with Gasteiger partial charge in [-0.05, 0) is 18.1 Å². The highest BCUT2D eigenvalue weighted by molar-refractivity contribution is 5.25. The Morgan fingerprint density at radius 3 is 2.85 bits per heavy atom. The number of hydrogen-bond donors (Lipinski definition) is 1. The average molecular weight is 182 g/mol. The molecule has 1 aliphatic carbocycles. The second-order valence-corrected chi connectivity index (χ2v) is 3.19. The van der Waals surface area contributed by atoms with Crippen molar-refractivity contribution in [3.05, 3.63) is 23.7 Å². The van der Waals surface area contributed by atoms with E-state index in [1.807, 2.05) is 26.8 Å². The summed E-state index contributed by atoms with van der Waals surface area (Å²) in [5, 5.41) is 9.50. The summed E-state index contributed by atoms with van der Waals surface area (Å²) in [5.74, 6) is 1.31. The van der Waals surface area contributed by atoms with Gasteiger partial charge in [-0.15, -0.1) is 0 Å². The zero-order valence-electron chi connectivity index (χ0n) is 8.58. The van der Waals surface area contributed by atoms with Crippen LogP contribution >= 0.6 is 0 Å². The standard InChI is InChI=1S/C9H12O2.C2H6/c1-6-7-4-5-11-9(7)3-2-8(6)10;1-2/h4-6,8,10H,2-3H2,1H3;1-2H3. The molecule has 2 rings (SSSR count). The van der Waals surface area contributed by atoms with Crippen LogP contribution in [-0.4, -0.2) is 11.2 Å². The van der Waals surface area contributed by atoms with Gasteiger partial charge in [-0.1, -0.05) is 20.8 Å². The fraction of sp³-hybridized carbons (Fsp3) is 0.636. The molecule has 2 heteroatoms. The summed E-state index contributed by atoms with van der Waals surface area (Å²) in [6.45, 7) is 6.04. The number of hydrogen-bond acceptors (Lipinski definition) is 2. The fourth-order valence-electron chi connectivity index (χ4n) is 1.70. The summed E-state index contributed by atoms with van der Waals surface area (Å²) in [5.41, 5.74) is 1.18. The van der Waals surface area contributed by atoms with Crippen LogP contribution in [0.3, 0.4) is 0 Å². The minimum atomic E-state index is -0.180. The van der Waals surface area contributed by atoms with Crippen LogP contribution in [0.25, 0.3) is 0 Å². The van der Waals surface area contributed by atoms with Gasteiger partial charge in [-0.2, -0.15) is 0 Å². The molecule has 0 fully saturated rings. The van der Waals surface area contributed by atoms with Crippen LogP contribution in [0.5, 0.6) is 0 Å². The Balaban J connectivity index is 0.000000396. The predicted molar refractivity (Wildman–Crippen MR) is 52.8 cm³/mol. The topological polar surface area (TPSA) is 33.4 Å². The predicted octanol–water partition coefficient (Wildman–Crippen LogP) is 2.72. The first-order valence-corrected chi connectivity index (χ1v) is 5.03. The van der Waals surface area contributed by atoms with E-state index in [-0.39, 0.29) is 12.0 Å². The van der Waals surface area contributed by atoms with Crippen molar-refractivity contribution >= 4 is 0 Å². The molecule has 1 aliphatic rings. The van der Waals surface area contributed by atoms with Gasteiger partial charge in [0.1, 0.15) is 5.76 Å². The molecule has 74 valence electrons. The van der Waals surface area contributed by atoms with Gasteiger partial charge in [0.15, 0.2) is 0 Å². The highest BCUT2D eigenvalue weighted by Crippen LogP contribution is 2.31. The van der Waals surface area contributed by atoms with E-state index in [0.29, 0.717) is 0 Å². The molecular weight excluding hydrogens is 164 g/mol. The van der Waals surface area contributed by atoms with Gasteiger partial charge >= 0.3 is 0 Å². The summed E-state index contributed by atoms with van der Waals surface area (Å²) in [6, 6.07) is 1.96. The van der Waals surface area contributed by atoms with Gasteiger partial charge in [0.25, 0.3) is 0 Å². The quantitative estimate of drug-likeness (QED) is 0.669. The maximum absolute atomic E-state index is 9.50. The second kappa shape index (κ2) is 4.47. The third kappa shape index (κ3) is 1.94. The highest BCUT2D eigenvalue weighted by Gasteiger charge is 2.25. The van der Waals surface area contributed by atoms with Crippen LogP contribution in [0.15, 0.2) is 16.7 Å². The minimum absolute atomic E-state index is 0.180. The zero-order chi connectivity index (χ0) is 9.84. The lowest BCUT2D eigenvalue weighted by Crippen LogP contribution is -2.21. The number of aliphatic hydroxyl groups excluding tert-OH is 1. The normalized spacial score (nSPS) is 25.8. The van der Waals surface area contributed by atoms with Crippen molar-refractivity contribution in [2.24, 2.45) is 0 Å². The van der Waals surface area contributed by atoms with E-state index >= 15 is 0 Å². The Morgan fingerprint density at radius 2 is 2.15 bits per heavy atom. The Kier molecular flexibility index (Phi) is 3.55. The smallest absolute Gasteiger partial charge is 0.107 e. The van der Waals surface area contributed by atoms with Gasteiger partial charge < -0.3 is 9.52 Å². The average Bonchev–Trinajstić information content (AvgIpc) is 2.63. The van der Waals surface area contributed by atoms with Crippen molar-refractivity contribution in [3.8, 4) is 0 Å². The van der Waals surface area contributed by atoms with Crippen LogP contribution in [0.4, 0.5) is 0 Å². The summed E-state index contributed by atoms with van der Waals surface area (Å²) < 4.78 is 5.26. The van der Waals surface area contributed by atoms with Crippen LogP contribution in [0.2, 0.25) is 0 Å². The minimum Gasteiger partial charge on any atom is -0.469 e. The summed E-state index contributed by atoms with van der Waals surface area (Å²) in [7, 11) is 0. The molecule has 0 spiro atoms. The van der Waals surface area contributed by atoms with Crippen molar-refractivity contribution < 1.29 is 9.52 Å². The molecule has 0 aliphatic heterocycles. The van der Waals surface area contributed by atoms with E-state index in [0.717, 1.165) is 18.6 Å². The Bertz CT molecular complexity index is 252. The summed E-state index contributed by atoms with van der Waals surface area (Å²) >= 11 is 0. The molecule has 1 N–H and O–H groups in total. The van der Waals surface area contributed by atoms with Crippen LogP contribution < -0.4 is 0 Å². The first kappa shape index (κ1) is 10.3. The van der Waals surface area contributed by atoms with E-state index in [4.69, 9.17) is 4.42 Å². The molecule has 2 atom stereocenters. The molecule has 0 saturated carbocycles. The molecule has 2 unspecified atom stereocenters. The van der Waals surface area contributed by atoms with Crippen molar-refractivity contribution in [2.45, 2.75) is 45.6 Å². The lowest BCUT2D eigenvalue weighted by atomic mass is 9.86. The molecule has 2 nitrogen and oxygen atoms in total. The lowest BCUT2D eigenvalue weighted by molar-refractivity contribution is 0.128. The zero-order valence-corrected chi connectivity index (χ0v) is 8.58. The number of furan rings is 1. The van der Waals surface area contributed by atoms with Crippen molar-refractivity contribution in [3.63, 3.8) is 0 Å². The molecule has 1 heterocycles. The molecule has 1 aromatic heterocycles. The number of aliphatic hydroxyl groups is 1. The molecular formula is C11H18O2. The maximum atomic E-state index is 9.50. The third-order valence-corrected chi connectivity index (χ3v) is 2.51. The number of aryl methyl sites for hydroxylation is 1. The number of fused-ring (bicyclic) bond motifs is 1. The second-order valence-electron chi connectivity index (χ2n) is 3.19. The Hall–Kier alpha value is -0.760. The molecule has 0 saturated heterocycles. The summed E-state index contributed by atoms with van der Waals surface area (Å²) in [4.78, 5) is 0. The molecule has 13 heavy (non-hydrogen) atoms. The van der Waals surface area contributed by atoms with Gasteiger partial charge in [-0.25, -0.2) is 0 Å². The van der Waals surface area contributed by atoms with Gasteiger partial charge in [0.2, 0.25) is 0 Å². The van der Waals surface area contributed by atoms with Crippen LogP contribution in [0.1, 0.15) is 44.4 Å². The van der Waals surface area contributed by atoms with Crippen molar-refractivity contribution in [2.75, 3.05) is 0 Å². The van der Waals surface area contributed by atoms with Crippen LogP contribution in [-0.2, 0) is 6.42 Å². The Morgan fingerprint density at radius 1 is 1.46 bits per heavy atom. The molecule has 0 radical (unpaired) electrons. The van der Waals surface area contributed by atoms with E-state index in [9.17, 15) is 5.11 Å². The van der Waals surface area contributed by atoms with E-state index in [2.05, 4.69) is 0 Å². The SMILES string of the molecule is CC.CC1c2ccoc2CCC1O. The van der Waals surface area contributed by atoms with Gasteiger partial charge in [0, 0.05) is 12.3 Å². The molecule has 1 aromatic rings. The van der Waals surface area contributed by atoms with E-state index < -0.39 is 0 Å².